The van der Waals surface area contributed by atoms with E-state index in [2.05, 4.69) is 5.32 Å². The van der Waals surface area contributed by atoms with E-state index in [0.29, 0.717) is 18.6 Å². The van der Waals surface area contributed by atoms with Crippen LogP contribution in [0, 0.1) is 0 Å². The number of para-hydroxylation sites is 1. The normalized spacial score (nSPS) is 13.1. The number of alkyl carbamates (subject to hydrolysis) is 1. The van der Waals surface area contributed by atoms with Crippen LogP contribution in [0.4, 0.5) is 4.79 Å². The van der Waals surface area contributed by atoms with Crippen molar-refractivity contribution in [2.45, 2.75) is 104 Å². The molecule has 0 aliphatic carbocycles. The Bertz CT molecular complexity index is 1480. The van der Waals surface area contributed by atoms with E-state index in [-0.39, 0.29) is 39.3 Å². The van der Waals surface area contributed by atoms with Gasteiger partial charge in [0.1, 0.15) is 25.6 Å². The molecule has 3 rings (SSSR count). The van der Waals surface area contributed by atoms with Gasteiger partial charge in [-0.05, 0) is 43.0 Å². The molecular formula is C40H52NO11P. The summed E-state index contributed by atoms with van der Waals surface area (Å²) in [6, 6.07) is 25.6. The molecular weight excluding hydrogens is 701 g/mol. The van der Waals surface area contributed by atoms with Gasteiger partial charge in [0.25, 0.3) is 0 Å². The van der Waals surface area contributed by atoms with Gasteiger partial charge < -0.3 is 28.8 Å². The number of hydrogen-bond acceptors (Lipinski definition) is 11. The first kappa shape index (κ1) is 42.9. The third-order valence-corrected chi connectivity index (χ3v) is 8.90. The van der Waals surface area contributed by atoms with Crippen LogP contribution >= 0.6 is 8.60 Å². The number of carbonyl (C=O) groups is 4. The second-order valence-corrected chi connectivity index (χ2v) is 13.3. The minimum Gasteiger partial charge on any atom is -0.462 e. The second kappa shape index (κ2) is 25.5. The molecule has 0 spiro atoms. The van der Waals surface area contributed by atoms with Crippen LogP contribution in [-0.4, -0.2) is 55.5 Å². The number of amides is 1. The lowest BCUT2D eigenvalue weighted by atomic mass is 10.2. The number of benzene rings is 3. The van der Waals surface area contributed by atoms with Crippen molar-refractivity contribution in [2.75, 3.05) is 13.2 Å². The van der Waals surface area contributed by atoms with Crippen molar-refractivity contribution in [2.24, 2.45) is 0 Å². The van der Waals surface area contributed by atoms with Crippen molar-refractivity contribution in [1.29, 1.82) is 0 Å². The lowest BCUT2D eigenvalue weighted by molar-refractivity contribution is -0.161. The molecule has 3 aromatic carbocycles. The van der Waals surface area contributed by atoms with Crippen LogP contribution in [0.5, 0.6) is 5.75 Å². The van der Waals surface area contributed by atoms with E-state index >= 15 is 0 Å². The Balaban J connectivity index is 1.76. The molecule has 0 saturated heterocycles. The Hall–Kier alpha value is -4.51. The number of hydrogen-bond donors (Lipinski definition) is 1. The molecule has 0 bridgehead atoms. The van der Waals surface area contributed by atoms with Crippen LogP contribution < -0.4 is 9.84 Å². The summed E-state index contributed by atoms with van der Waals surface area (Å²) >= 11 is 0. The monoisotopic (exact) mass is 753 g/mol. The van der Waals surface area contributed by atoms with Crippen molar-refractivity contribution in [3.63, 3.8) is 0 Å². The molecule has 3 aromatic rings. The highest BCUT2D eigenvalue weighted by Crippen LogP contribution is 2.42. The molecule has 12 nitrogen and oxygen atoms in total. The Kier molecular flexibility index (Phi) is 20.6. The lowest BCUT2D eigenvalue weighted by Gasteiger charge is -2.27. The highest BCUT2D eigenvalue weighted by molar-refractivity contribution is 7.42. The number of carbonyl (C=O) groups excluding carboxylic acids is 4. The van der Waals surface area contributed by atoms with Crippen LogP contribution in [0.2, 0.25) is 0 Å². The molecule has 0 fully saturated rings. The van der Waals surface area contributed by atoms with Gasteiger partial charge in [-0.1, -0.05) is 118 Å². The molecule has 53 heavy (non-hydrogen) atoms. The molecule has 0 saturated carbocycles. The molecule has 0 aliphatic heterocycles. The summed E-state index contributed by atoms with van der Waals surface area (Å²) in [4.78, 5) is 51.6. The van der Waals surface area contributed by atoms with Gasteiger partial charge in [0.15, 0.2) is 12.1 Å². The maximum Gasteiger partial charge on any atom is 0.408 e. The molecule has 1 N–H and O–H groups in total. The fourth-order valence-corrected chi connectivity index (χ4v) is 5.85. The first-order valence-corrected chi connectivity index (χ1v) is 19.2. The minimum atomic E-state index is -2.30. The Morgan fingerprint density at radius 1 is 0.660 bits per heavy atom. The average Bonchev–Trinajstić information content (AvgIpc) is 3.17. The second-order valence-electron chi connectivity index (χ2n) is 12.2. The maximum absolute atomic E-state index is 13.5. The zero-order valence-corrected chi connectivity index (χ0v) is 31.7. The van der Waals surface area contributed by atoms with E-state index in [4.69, 9.17) is 32.5 Å². The Morgan fingerprint density at radius 3 is 1.79 bits per heavy atom. The van der Waals surface area contributed by atoms with E-state index in [1.807, 2.05) is 56.3 Å². The smallest absolute Gasteiger partial charge is 0.408 e. The highest BCUT2D eigenvalue weighted by Gasteiger charge is 2.34. The predicted molar refractivity (Wildman–Crippen MR) is 199 cm³/mol. The molecule has 0 aromatic heterocycles. The third kappa shape index (κ3) is 18.2. The largest absolute Gasteiger partial charge is 0.462 e. The Labute approximate surface area is 313 Å². The number of esters is 3. The lowest BCUT2D eigenvalue weighted by Crippen LogP contribution is -2.49. The van der Waals surface area contributed by atoms with Crippen molar-refractivity contribution >= 4 is 32.6 Å². The fourth-order valence-electron chi connectivity index (χ4n) is 4.72. The summed E-state index contributed by atoms with van der Waals surface area (Å²) in [6.45, 7) is 5.09. The van der Waals surface area contributed by atoms with Crippen molar-refractivity contribution < 1.29 is 51.7 Å². The van der Waals surface area contributed by atoms with Gasteiger partial charge in [0, 0.05) is 12.8 Å². The van der Waals surface area contributed by atoms with Crippen LogP contribution in [-0.2, 0) is 55.6 Å². The van der Waals surface area contributed by atoms with Gasteiger partial charge >= 0.3 is 32.6 Å². The van der Waals surface area contributed by atoms with E-state index in [1.165, 1.54) is 0 Å². The third-order valence-electron chi connectivity index (χ3n) is 7.67. The summed E-state index contributed by atoms with van der Waals surface area (Å²) in [7, 11) is -2.30. The standard InChI is InChI=1S/C40H52NO11P/c1-4-6-11-25-36(42)46-29-35(50-37(43)26-12-7-5-2)30-49-53(52-34-23-17-10-18-24-34)51-31(3)38(39(44)47-27-32-19-13-8-14-20-32)41-40(45)48-28-33-21-15-9-16-22-33/h8-10,13-24,31,35,38H,4-7,11-12,25-30H2,1-3H3,(H,41,45)/t31-,35-,38+,53?/m1/s1. The van der Waals surface area contributed by atoms with Crippen molar-refractivity contribution in [1.82, 2.24) is 5.32 Å². The van der Waals surface area contributed by atoms with Gasteiger partial charge in [0.2, 0.25) is 0 Å². The molecule has 1 amide bonds. The molecule has 0 radical (unpaired) electrons. The molecule has 0 heterocycles. The van der Waals surface area contributed by atoms with Crippen molar-refractivity contribution in [3.05, 3.63) is 102 Å². The quantitative estimate of drug-likeness (QED) is 0.0386. The SMILES string of the molecule is CCCCCC(=O)OC[C@H](COP(Oc1ccccc1)O[C@H](C)[C@H](NC(=O)OCc1ccccc1)C(=O)OCc1ccccc1)OC(=O)CCCCC. The maximum atomic E-state index is 13.5. The molecule has 1 unspecified atom stereocenters. The van der Waals surface area contributed by atoms with Gasteiger partial charge in [-0.25, -0.2) is 9.59 Å². The number of ether oxygens (including phenoxy) is 4. The van der Waals surface area contributed by atoms with Gasteiger partial charge in [-0.3, -0.25) is 18.6 Å². The molecule has 4 atom stereocenters. The summed E-state index contributed by atoms with van der Waals surface area (Å²) in [5.41, 5.74) is 1.51. The van der Waals surface area contributed by atoms with Crippen LogP contribution in [0.25, 0.3) is 0 Å². The summed E-state index contributed by atoms with van der Waals surface area (Å²) < 4.78 is 40.4. The molecule has 0 aliphatic rings. The fraction of sp³-hybridized carbons (Fsp3) is 0.450. The van der Waals surface area contributed by atoms with Gasteiger partial charge in [0.05, 0.1) is 12.7 Å². The first-order valence-electron chi connectivity index (χ1n) is 18.1. The van der Waals surface area contributed by atoms with Crippen molar-refractivity contribution in [3.8, 4) is 5.75 Å². The topological polar surface area (TPSA) is 145 Å². The Morgan fingerprint density at radius 2 is 1.21 bits per heavy atom. The van der Waals surface area contributed by atoms with E-state index < -0.39 is 50.9 Å². The average molecular weight is 754 g/mol. The highest BCUT2D eigenvalue weighted by atomic mass is 31.2. The van der Waals surface area contributed by atoms with E-state index in [0.717, 1.165) is 36.8 Å². The summed E-state index contributed by atoms with van der Waals surface area (Å²) in [5, 5.41) is 2.57. The molecule has 13 heteroatoms. The van der Waals surface area contributed by atoms with Crippen LogP contribution in [0.15, 0.2) is 91.0 Å². The number of rotatable bonds is 25. The number of nitrogens with one attached hydrogen (secondary N) is 1. The first-order chi connectivity index (χ1) is 25.8. The summed E-state index contributed by atoms with van der Waals surface area (Å²) in [5.74, 6) is -1.22. The van der Waals surface area contributed by atoms with Gasteiger partial charge in [-0.15, -0.1) is 0 Å². The van der Waals surface area contributed by atoms with E-state index in [1.54, 1.807) is 55.5 Å². The van der Waals surface area contributed by atoms with E-state index in [9.17, 15) is 19.2 Å². The number of unbranched alkanes of at least 4 members (excludes halogenated alkanes) is 4. The minimum absolute atomic E-state index is 0.0254. The summed E-state index contributed by atoms with van der Waals surface area (Å²) in [6.07, 6.45) is 2.57. The molecule has 288 valence electrons. The zero-order chi connectivity index (χ0) is 38.1. The predicted octanol–water partition coefficient (Wildman–Crippen LogP) is 8.37. The van der Waals surface area contributed by atoms with Crippen LogP contribution in [0.1, 0.15) is 83.3 Å². The van der Waals surface area contributed by atoms with Crippen LogP contribution in [0.3, 0.4) is 0 Å². The zero-order valence-electron chi connectivity index (χ0n) is 30.8. The van der Waals surface area contributed by atoms with Gasteiger partial charge in [-0.2, -0.15) is 0 Å².